The van der Waals surface area contributed by atoms with Crippen molar-refractivity contribution in [1.29, 1.82) is 0 Å². The minimum absolute atomic E-state index is 0.113. The summed E-state index contributed by atoms with van der Waals surface area (Å²) in [5.41, 5.74) is 0. The fourth-order valence-electron chi connectivity index (χ4n) is 1.43. The van der Waals surface area contributed by atoms with E-state index >= 15 is 0 Å². The molecule has 1 N–H and O–H groups in total. The van der Waals surface area contributed by atoms with Gasteiger partial charge in [-0.3, -0.25) is 10.1 Å². The zero-order valence-electron chi connectivity index (χ0n) is 10.3. The minimum atomic E-state index is -5.60. The molecule has 1 rings (SSSR count). The lowest BCUT2D eigenvalue weighted by molar-refractivity contribution is -0.322. The predicted molar refractivity (Wildman–Crippen MR) is 53.8 cm³/mol. The Bertz CT molecular complexity index is 325. The Morgan fingerprint density at radius 2 is 1.70 bits per heavy atom. The molecule has 1 unspecified atom stereocenters. The van der Waals surface area contributed by atoms with Crippen LogP contribution < -0.4 is 5.32 Å². The summed E-state index contributed by atoms with van der Waals surface area (Å²) in [5, 5.41) is 2.57. The maximum absolute atomic E-state index is 12.2. The molecule has 1 atom stereocenters. The lowest BCUT2D eigenvalue weighted by Crippen LogP contribution is -2.49. The van der Waals surface area contributed by atoms with Crippen LogP contribution in [-0.2, 0) is 14.3 Å². The van der Waals surface area contributed by atoms with Gasteiger partial charge in [0, 0.05) is 6.04 Å². The van der Waals surface area contributed by atoms with E-state index < -0.39 is 37.1 Å². The van der Waals surface area contributed by atoms with Gasteiger partial charge >= 0.3 is 18.3 Å². The summed E-state index contributed by atoms with van der Waals surface area (Å²) in [6, 6.07) is -1.47. The highest BCUT2D eigenvalue weighted by atomic mass is 19.4. The van der Waals surface area contributed by atoms with Gasteiger partial charge in [0.15, 0.2) is 0 Å². The number of carbonyl (C=O) groups excluding carboxylic acids is 1. The smallest absolute Gasteiger partial charge is 0.423 e. The zero-order chi connectivity index (χ0) is 15.6. The van der Waals surface area contributed by atoms with Gasteiger partial charge in [-0.25, -0.2) is 0 Å². The zero-order valence-corrected chi connectivity index (χ0v) is 10.3. The molecule has 0 aromatic rings. The quantitative estimate of drug-likeness (QED) is 0.600. The van der Waals surface area contributed by atoms with Gasteiger partial charge in [0.25, 0.3) is 0 Å². The Hall–Kier alpha value is -1.03. The second-order valence-electron chi connectivity index (χ2n) is 4.31. The van der Waals surface area contributed by atoms with Crippen molar-refractivity contribution in [3.8, 4) is 0 Å². The Labute approximate surface area is 110 Å². The van der Waals surface area contributed by atoms with Crippen molar-refractivity contribution in [2.75, 3.05) is 13.7 Å². The van der Waals surface area contributed by atoms with Gasteiger partial charge in [0.2, 0.25) is 6.10 Å². The van der Waals surface area contributed by atoms with Crippen LogP contribution in [-0.4, -0.2) is 50.2 Å². The normalized spacial score (nSPS) is 18.2. The van der Waals surface area contributed by atoms with Crippen LogP contribution in [0.25, 0.3) is 0 Å². The van der Waals surface area contributed by atoms with Gasteiger partial charge in [0.05, 0.1) is 13.7 Å². The molecule has 118 valence electrons. The first-order chi connectivity index (χ1) is 9.05. The Balaban J connectivity index is 2.64. The van der Waals surface area contributed by atoms with E-state index in [0.29, 0.717) is 12.8 Å². The van der Waals surface area contributed by atoms with E-state index in [1.807, 2.05) is 0 Å². The molecule has 1 aliphatic rings. The summed E-state index contributed by atoms with van der Waals surface area (Å²) < 4.78 is 81.6. The van der Waals surface area contributed by atoms with Crippen molar-refractivity contribution in [2.24, 2.45) is 0 Å². The third-order valence-corrected chi connectivity index (χ3v) is 2.52. The molecule has 0 aliphatic heterocycles. The van der Waals surface area contributed by atoms with E-state index in [4.69, 9.17) is 0 Å². The second kappa shape index (κ2) is 6.17. The summed E-state index contributed by atoms with van der Waals surface area (Å²) in [5.74, 6) is -0.972. The molecule has 0 amide bonds. The number of halogens is 6. The number of hydrogen-bond acceptors (Lipinski definition) is 4. The first-order valence-corrected chi connectivity index (χ1v) is 5.64. The SMILES string of the molecule is COC(=O)C(COC(C(F)(F)F)C(F)(F)F)NC1CC1. The Kier molecular flexibility index (Phi) is 5.25. The number of rotatable bonds is 6. The van der Waals surface area contributed by atoms with Crippen LogP contribution in [0, 0.1) is 0 Å². The van der Waals surface area contributed by atoms with Gasteiger partial charge in [-0.15, -0.1) is 0 Å². The highest BCUT2D eigenvalue weighted by Gasteiger charge is 2.58. The topological polar surface area (TPSA) is 47.6 Å². The fourth-order valence-corrected chi connectivity index (χ4v) is 1.43. The van der Waals surface area contributed by atoms with E-state index in [1.54, 1.807) is 0 Å². The second-order valence-corrected chi connectivity index (χ2v) is 4.31. The number of nitrogens with one attached hydrogen (secondary N) is 1. The highest BCUT2D eigenvalue weighted by Crippen LogP contribution is 2.35. The highest BCUT2D eigenvalue weighted by molar-refractivity contribution is 5.75. The van der Waals surface area contributed by atoms with Gasteiger partial charge in [-0.1, -0.05) is 0 Å². The van der Waals surface area contributed by atoms with Crippen molar-refractivity contribution in [3.05, 3.63) is 0 Å². The van der Waals surface area contributed by atoms with Crippen LogP contribution in [0.4, 0.5) is 26.3 Å². The van der Waals surface area contributed by atoms with Gasteiger partial charge in [-0.05, 0) is 12.8 Å². The Morgan fingerprint density at radius 3 is 2.05 bits per heavy atom. The van der Waals surface area contributed by atoms with Crippen molar-refractivity contribution in [1.82, 2.24) is 5.32 Å². The summed E-state index contributed by atoms with van der Waals surface area (Å²) in [4.78, 5) is 11.3. The molecule has 0 bridgehead atoms. The van der Waals surface area contributed by atoms with Crippen LogP contribution in [0.3, 0.4) is 0 Å². The number of hydrogen-bond donors (Lipinski definition) is 1. The molecule has 0 heterocycles. The number of carbonyl (C=O) groups is 1. The van der Waals surface area contributed by atoms with Gasteiger partial charge in [-0.2, -0.15) is 26.3 Å². The maximum Gasteiger partial charge on any atom is 0.423 e. The predicted octanol–water partition coefficient (Wildman–Crippen LogP) is 1.79. The van der Waals surface area contributed by atoms with E-state index in [2.05, 4.69) is 14.8 Å². The molecular formula is C10H13F6NO3. The average Bonchev–Trinajstić information content (AvgIpc) is 3.07. The molecule has 1 fully saturated rings. The fraction of sp³-hybridized carbons (Fsp3) is 0.900. The van der Waals surface area contributed by atoms with Crippen LogP contribution in [0.15, 0.2) is 0 Å². The first-order valence-electron chi connectivity index (χ1n) is 5.64. The van der Waals surface area contributed by atoms with Crippen molar-refractivity contribution >= 4 is 5.97 Å². The summed E-state index contributed by atoms with van der Waals surface area (Å²) in [6.07, 6.45) is -13.7. The molecule has 0 saturated heterocycles. The number of alkyl halides is 6. The van der Waals surface area contributed by atoms with Crippen molar-refractivity contribution in [3.63, 3.8) is 0 Å². The van der Waals surface area contributed by atoms with Crippen LogP contribution >= 0.6 is 0 Å². The number of methoxy groups -OCH3 is 1. The minimum Gasteiger partial charge on any atom is -0.468 e. The molecular weight excluding hydrogens is 296 g/mol. The molecule has 4 nitrogen and oxygen atoms in total. The summed E-state index contributed by atoms with van der Waals surface area (Å²) in [6.45, 7) is -1.08. The average molecular weight is 309 g/mol. The number of esters is 1. The molecule has 1 saturated carbocycles. The van der Waals surface area contributed by atoms with Crippen molar-refractivity contribution in [2.45, 2.75) is 43.4 Å². The van der Waals surface area contributed by atoms with E-state index in [-0.39, 0.29) is 6.04 Å². The van der Waals surface area contributed by atoms with Crippen LogP contribution in [0.2, 0.25) is 0 Å². The van der Waals surface area contributed by atoms with E-state index in [0.717, 1.165) is 7.11 Å². The largest absolute Gasteiger partial charge is 0.468 e. The molecule has 0 aromatic heterocycles. The van der Waals surface area contributed by atoms with Crippen LogP contribution in [0.1, 0.15) is 12.8 Å². The first kappa shape index (κ1) is 17.0. The van der Waals surface area contributed by atoms with Gasteiger partial charge < -0.3 is 9.47 Å². The standard InChI is InChI=1S/C10H13F6NO3/c1-19-7(18)6(17-5-2-3-5)4-20-8(9(11,12)13)10(14,15)16/h5-6,8,17H,2-4H2,1H3. The molecule has 0 radical (unpaired) electrons. The van der Waals surface area contributed by atoms with E-state index in [1.165, 1.54) is 0 Å². The molecule has 10 heteroatoms. The maximum atomic E-state index is 12.2. The van der Waals surface area contributed by atoms with Gasteiger partial charge in [0.1, 0.15) is 6.04 Å². The summed E-state index contributed by atoms with van der Waals surface area (Å²) >= 11 is 0. The van der Waals surface area contributed by atoms with E-state index in [9.17, 15) is 31.1 Å². The monoisotopic (exact) mass is 309 g/mol. The molecule has 0 aromatic carbocycles. The number of ether oxygens (including phenoxy) is 2. The summed E-state index contributed by atoms with van der Waals surface area (Å²) in [7, 11) is 0.981. The van der Waals surface area contributed by atoms with Crippen LogP contribution in [0.5, 0.6) is 0 Å². The third-order valence-electron chi connectivity index (χ3n) is 2.52. The Morgan fingerprint density at radius 1 is 1.20 bits per heavy atom. The van der Waals surface area contributed by atoms with Crippen molar-refractivity contribution < 1.29 is 40.6 Å². The molecule has 0 spiro atoms. The lowest BCUT2D eigenvalue weighted by Gasteiger charge is -2.25. The molecule has 20 heavy (non-hydrogen) atoms. The third kappa shape index (κ3) is 5.16. The molecule has 1 aliphatic carbocycles. The lowest BCUT2D eigenvalue weighted by atomic mass is 10.3.